The molecule has 0 bridgehead atoms. The minimum Gasteiger partial charge on any atom is -0.266 e. The number of aromatic nitrogens is 5. The lowest BCUT2D eigenvalue weighted by Crippen LogP contribution is -2.23. The van der Waals surface area contributed by atoms with Gasteiger partial charge in [0.25, 0.3) is 5.56 Å². The van der Waals surface area contributed by atoms with Gasteiger partial charge in [-0.15, -0.1) is 16.9 Å². The molecule has 0 aliphatic rings. The summed E-state index contributed by atoms with van der Waals surface area (Å²) in [4.78, 5) is 19.6. The Bertz CT molecular complexity index is 1840. The zero-order valence-electron chi connectivity index (χ0n) is 20.6. The Kier molecular flexibility index (Phi) is 6.73. The van der Waals surface area contributed by atoms with E-state index < -0.39 is 0 Å². The maximum Gasteiger partial charge on any atom is 0.291 e. The Morgan fingerprint density at radius 2 is 1.63 bits per heavy atom. The number of fused-ring (bicyclic) bond motifs is 1. The maximum absolute atomic E-state index is 13.2. The molecule has 3 aromatic carbocycles. The Morgan fingerprint density at radius 3 is 2.34 bits per heavy atom. The summed E-state index contributed by atoms with van der Waals surface area (Å²) >= 11 is 3.13. The molecule has 0 spiro atoms. The van der Waals surface area contributed by atoms with Crippen molar-refractivity contribution in [1.29, 1.82) is 0 Å². The van der Waals surface area contributed by atoms with E-state index in [2.05, 4.69) is 41.3 Å². The van der Waals surface area contributed by atoms with E-state index in [1.807, 2.05) is 89.8 Å². The molecule has 0 atom stereocenters. The molecule has 0 fully saturated rings. The molecule has 186 valence electrons. The molecule has 0 aliphatic heterocycles. The van der Waals surface area contributed by atoms with Gasteiger partial charge in [0.1, 0.15) is 0 Å². The first kappa shape index (κ1) is 24.1. The summed E-state index contributed by atoms with van der Waals surface area (Å²) in [7, 11) is 0. The summed E-state index contributed by atoms with van der Waals surface area (Å²) in [5, 5.41) is 9.32. The van der Waals surface area contributed by atoms with Crippen molar-refractivity contribution in [3.63, 3.8) is 0 Å². The van der Waals surface area contributed by atoms with Gasteiger partial charge in [0, 0.05) is 22.2 Å². The van der Waals surface area contributed by atoms with E-state index in [-0.39, 0.29) is 5.56 Å². The number of benzene rings is 3. The maximum atomic E-state index is 13.2. The van der Waals surface area contributed by atoms with Crippen LogP contribution in [0.5, 0.6) is 0 Å². The monoisotopic (exact) mass is 533 g/mol. The van der Waals surface area contributed by atoms with Crippen molar-refractivity contribution in [3.05, 3.63) is 123 Å². The van der Waals surface area contributed by atoms with Crippen LogP contribution in [0.3, 0.4) is 0 Å². The fourth-order valence-corrected chi connectivity index (χ4v) is 5.67. The third kappa shape index (κ3) is 4.96. The molecule has 0 aliphatic carbocycles. The van der Waals surface area contributed by atoms with Crippen molar-refractivity contribution in [2.45, 2.75) is 11.8 Å². The number of hydrogen-bond acceptors (Lipinski definition) is 6. The molecule has 8 heteroatoms. The lowest BCUT2D eigenvalue weighted by Gasteiger charge is -2.02. The number of thiazole rings is 1. The normalized spacial score (nSPS) is 12.2. The second kappa shape index (κ2) is 10.6. The summed E-state index contributed by atoms with van der Waals surface area (Å²) in [6.07, 6.45) is 7.61. The molecule has 0 saturated carbocycles. The number of hydrogen-bond donors (Lipinski definition) is 0. The van der Waals surface area contributed by atoms with Crippen LogP contribution in [-0.4, -0.2) is 30.1 Å². The standard InChI is InChI=1S/C30H23N5OS2/c1-2-37-25-16-14-22(15-17-25)28-23(20-34(33-28)24-11-7-4-8-12-24)19-26-29(36)35-30(38-26)31-27(32-35)18-13-21-9-5-3-6-10-21/h3-20H,2H2,1H3. The summed E-state index contributed by atoms with van der Waals surface area (Å²) in [5.74, 6) is 1.53. The van der Waals surface area contributed by atoms with Crippen LogP contribution in [0.25, 0.3) is 40.1 Å². The number of rotatable bonds is 7. The topological polar surface area (TPSA) is 65.1 Å². The number of para-hydroxylation sites is 1. The van der Waals surface area contributed by atoms with E-state index in [4.69, 9.17) is 5.10 Å². The first-order valence-corrected chi connectivity index (χ1v) is 14.0. The molecule has 38 heavy (non-hydrogen) atoms. The van der Waals surface area contributed by atoms with Gasteiger partial charge in [0.05, 0.1) is 15.9 Å². The predicted octanol–water partition coefficient (Wildman–Crippen LogP) is 5.83. The van der Waals surface area contributed by atoms with Gasteiger partial charge in [0.2, 0.25) is 4.96 Å². The van der Waals surface area contributed by atoms with Crippen molar-refractivity contribution >= 4 is 46.3 Å². The van der Waals surface area contributed by atoms with Crippen LogP contribution >= 0.6 is 23.1 Å². The lowest BCUT2D eigenvalue weighted by atomic mass is 10.1. The van der Waals surface area contributed by atoms with Crippen LogP contribution in [0, 0.1) is 0 Å². The highest BCUT2D eigenvalue weighted by molar-refractivity contribution is 7.99. The molecule has 3 aromatic heterocycles. The highest BCUT2D eigenvalue weighted by atomic mass is 32.2. The van der Waals surface area contributed by atoms with Crippen LogP contribution in [-0.2, 0) is 0 Å². The van der Waals surface area contributed by atoms with E-state index >= 15 is 0 Å². The number of thioether (sulfide) groups is 1. The first-order valence-electron chi connectivity index (χ1n) is 12.2. The Labute approximate surface area is 227 Å². The fourth-order valence-electron chi connectivity index (χ4n) is 4.10. The van der Waals surface area contributed by atoms with Gasteiger partial charge in [0.15, 0.2) is 5.82 Å². The Hall–Kier alpha value is -4.27. The largest absolute Gasteiger partial charge is 0.291 e. The van der Waals surface area contributed by atoms with Crippen LogP contribution in [0.15, 0.2) is 101 Å². The van der Waals surface area contributed by atoms with Gasteiger partial charge in [-0.2, -0.15) is 14.6 Å². The van der Waals surface area contributed by atoms with Crippen molar-refractivity contribution in [2.24, 2.45) is 0 Å². The summed E-state index contributed by atoms with van der Waals surface area (Å²) in [6.45, 7) is 2.14. The molecule has 6 rings (SSSR count). The minimum atomic E-state index is -0.190. The minimum absolute atomic E-state index is 0.190. The van der Waals surface area contributed by atoms with Crippen molar-refractivity contribution in [2.75, 3.05) is 5.75 Å². The first-order chi connectivity index (χ1) is 18.7. The van der Waals surface area contributed by atoms with Gasteiger partial charge in [-0.1, -0.05) is 85.0 Å². The quantitative estimate of drug-likeness (QED) is 0.242. The molecule has 0 unspecified atom stereocenters. The smallest absolute Gasteiger partial charge is 0.266 e. The van der Waals surface area contributed by atoms with Crippen LogP contribution in [0.1, 0.15) is 23.9 Å². The van der Waals surface area contributed by atoms with Crippen molar-refractivity contribution < 1.29 is 0 Å². The molecule has 3 heterocycles. The van der Waals surface area contributed by atoms with Crippen LogP contribution < -0.4 is 10.1 Å². The van der Waals surface area contributed by atoms with Crippen molar-refractivity contribution in [3.8, 4) is 16.9 Å². The van der Waals surface area contributed by atoms with Gasteiger partial charge >= 0.3 is 0 Å². The highest BCUT2D eigenvalue weighted by Gasteiger charge is 2.14. The SMILES string of the molecule is CCSc1ccc(-c2nn(-c3ccccc3)cc2C=c2sc3nc(C=Cc4ccccc4)nn3c2=O)cc1. The Morgan fingerprint density at radius 1 is 0.895 bits per heavy atom. The van der Waals surface area contributed by atoms with Gasteiger partial charge < -0.3 is 0 Å². The van der Waals surface area contributed by atoms with Gasteiger partial charge in [-0.25, -0.2) is 4.68 Å². The van der Waals surface area contributed by atoms with E-state index in [0.717, 1.165) is 33.8 Å². The predicted molar refractivity (Wildman–Crippen MR) is 157 cm³/mol. The highest BCUT2D eigenvalue weighted by Crippen LogP contribution is 2.27. The molecular formula is C30H23N5OS2. The summed E-state index contributed by atoms with van der Waals surface area (Å²) in [5.41, 5.74) is 4.47. The second-order valence-corrected chi connectivity index (χ2v) is 10.8. The molecule has 0 N–H and O–H groups in total. The summed E-state index contributed by atoms with van der Waals surface area (Å²) in [6, 6.07) is 28.3. The second-order valence-electron chi connectivity index (χ2n) is 8.49. The van der Waals surface area contributed by atoms with E-state index in [1.165, 1.54) is 20.7 Å². The number of nitrogens with zero attached hydrogens (tertiary/aromatic N) is 5. The zero-order valence-corrected chi connectivity index (χ0v) is 22.2. The molecule has 6 aromatic rings. The average Bonchev–Trinajstić information content (AvgIpc) is 3.64. The average molecular weight is 534 g/mol. The third-order valence-corrected chi connectivity index (χ3v) is 7.76. The van der Waals surface area contributed by atoms with E-state index in [9.17, 15) is 4.79 Å². The molecule has 0 amide bonds. The van der Waals surface area contributed by atoms with Crippen molar-refractivity contribution in [1.82, 2.24) is 24.4 Å². The van der Waals surface area contributed by atoms with E-state index in [1.54, 1.807) is 11.8 Å². The lowest BCUT2D eigenvalue weighted by molar-refractivity contribution is 0.884. The van der Waals surface area contributed by atoms with Gasteiger partial charge in [-0.05, 0) is 47.7 Å². The Balaban J connectivity index is 1.40. The third-order valence-electron chi connectivity index (χ3n) is 5.91. The molecular weight excluding hydrogens is 510 g/mol. The van der Waals surface area contributed by atoms with Crippen LogP contribution in [0.2, 0.25) is 0 Å². The van der Waals surface area contributed by atoms with Crippen LogP contribution in [0.4, 0.5) is 0 Å². The van der Waals surface area contributed by atoms with Gasteiger partial charge in [-0.3, -0.25) is 4.79 Å². The summed E-state index contributed by atoms with van der Waals surface area (Å²) < 4.78 is 3.79. The molecule has 0 radical (unpaired) electrons. The fraction of sp³-hybridized carbons (Fsp3) is 0.0667. The van der Waals surface area contributed by atoms with E-state index in [0.29, 0.717) is 15.3 Å². The molecule has 0 saturated heterocycles. The molecule has 6 nitrogen and oxygen atoms in total. The zero-order chi connectivity index (χ0) is 25.9.